The Bertz CT molecular complexity index is 568. The molecule has 24 heavy (non-hydrogen) atoms. The van der Waals surface area contributed by atoms with Crippen LogP contribution < -0.4 is 10.6 Å². The first kappa shape index (κ1) is 20.0. The van der Waals surface area contributed by atoms with Crippen molar-refractivity contribution < 1.29 is 9.53 Å². The summed E-state index contributed by atoms with van der Waals surface area (Å²) in [5.74, 6) is 0.276. The molecule has 1 rings (SSSR count). The van der Waals surface area contributed by atoms with Gasteiger partial charge in [-0.3, -0.25) is 0 Å². The Kier molecular flexibility index (Phi) is 7.24. The molecular weight excluding hydrogens is 302 g/mol. The smallest absolute Gasteiger partial charge is 0.407 e. The Morgan fingerprint density at radius 2 is 1.79 bits per heavy atom. The van der Waals surface area contributed by atoms with Gasteiger partial charge in [0.15, 0.2) is 0 Å². The van der Waals surface area contributed by atoms with Crippen LogP contribution in [0, 0.1) is 17.2 Å². The SMILES string of the molecule is CC(NCC(NC(=O)OC(C)(C)C)C(C)C)c1ccc(C#N)cc1. The van der Waals surface area contributed by atoms with E-state index in [1.54, 1.807) is 0 Å². The molecule has 0 heterocycles. The maximum Gasteiger partial charge on any atom is 0.407 e. The molecular formula is C19H29N3O2. The standard InChI is InChI=1S/C19H29N3O2/c1-13(2)17(22-18(23)24-19(4,5)6)12-21-14(3)16-9-7-15(11-20)8-10-16/h7-10,13-14,17,21H,12H2,1-6H3,(H,22,23). The highest BCUT2D eigenvalue weighted by atomic mass is 16.6. The summed E-state index contributed by atoms with van der Waals surface area (Å²) in [6, 6.07) is 9.73. The lowest BCUT2D eigenvalue weighted by Crippen LogP contribution is -2.47. The predicted octanol–water partition coefficient (Wildman–Crippen LogP) is 3.76. The van der Waals surface area contributed by atoms with Crippen molar-refractivity contribution in [2.75, 3.05) is 6.54 Å². The van der Waals surface area contributed by atoms with Crippen molar-refractivity contribution in [3.8, 4) is 6.07 Å². The number of hydrogen-bond donors (Lipinski definition) is 2. The first-order valence-corrected chi connectivity index (χ1v) is 8.35. The fraction of sp³-hybridized carbons (Fsp3) is 0.579. The highest BCUT2D eigenvalue weighted by Crippen LogP contribution is 2.14. The van der Waals surface area contributed by atoms with E-state index in [1.807, 2.05) is 45.0 Å². The van der Waals surface area contributed by atoms with Gasteiger partial charge in [-0.25, -0.2) is 4.79 Å². The van der Waals surface area contributed by atoms with Gasteiger partial charge in [0.2, 0.25) is 0 Å². The van der Waals surface area contributed by atoms with E-state index < -0.39 is 11.7 Å². The van der Waals surface area contributed by atoms with E-state index in [0.717, 1.165) is 5.56 Å². The van der Waals surface area contributed by atoms with E-state index >= 15 is 0 Å². The molecule has 1 aromatic carbocycles. The molecule has 2 N–H and O–H groups in total. The summed E-state index contributed by atoms with van der Waals surface area (Å²) >= 11 is 0. The van der Waals surface area contributed by atoms with Crippen LogP contribution in [0.4, 0.5) is 4.79 Å². The fourth-order valence-electron chi connectivity index (χ4n) is 2.18. The van der Waals surface area contributed by atoms with Crippen molar-refractivity contribution in [2.45, 2.75) is 59.2 Å². The van der Waals surface area contributed by atoms with Crippen LogP contribution in [0.3, 0.4) is 0 Å². The van der Waals surface area contributed by atoms with E-state index in [0.29, 0.717) is 12.1 Å². The van der Waals surface area contributed by atoms with E-state index in [4.69, 9.17) is 10.00 Å². The van der Waals surface area contributed by atoms with Crippen molar-refractivity contribution in [3.63, 3.8) is 0 Å². The molecule has 2 atom stereocenters. The molecule has 132 valence electrons. The number of benzene rings is 1. The number of carbonyl (C=O) groups is 1. The molecule has 1 aromatic rings. The second-order valence-corrected chi connectivity index (χ2v) is 7.36. The van der Waals surface area contributed by atoms with E-state index in [9.17, 15) is 4.79 Å². The first-order chi connectivity index (χ1) is 11.1. The van der Waals surface area contributed by atoms with Crippen molar-refractivity contribution in [1.29, 1.82) is 5.26 Å². The number of nitrogens with one attached hydrogen (secondary N) is 2. The second kappa shape index (κ2) is 8.70. The summed E-state index contributed by atoms with van der Waals surface area (Å²) in [5.41, 5.74) is 1.25. The van der Waals surface area contributed by atoms with Gasteiger partial charge in [-0.1, -0.05) is 26.0 Å². The summed E-state index contributed by atoms with van der Waals surface area (Å²) in [4.78, 5) is 12.0. The number of amides is 1. The third-order valence-corrected chi connectivity index (χ3v) is 3.69. The molecule has 0 bridgehead atoms. The third-order valence-electron chi connectivity index (χ3n) is 3.69. The van der Waals surface area contributed by atoms with Crippen molar-refractivity contribution >= 4 is 6.09 Å². The average molecular weight is 331 g/mol. The van der Waals surface area contributed by atoms with Crippen molar-refractivity contribution in [1.82, 2.24) is 10.6 Å². The number of nitrogens with zero attached hydrogens (tertiary/aromatic N) is 1. The summed E-state index contributed by atoms with van der Waals surface area (Å²) < 4.78 is 5.33. The first-order valence-electron chi connectivity index (χ1n) is 8.35. The minimum atomic E-state index is -0.505. The predicted molar refractivity (Wildman–Crippen MR) is 95.6 cm³/mol. The molecule has 0 saturated heterocycles. The Balaban J connectivity index is 2.59. The molecule has 1 amide bonds. The lowest BCUT2D eigenvalue weighted by Gasteiger charge is -2.27. The van der Waals surface area contributed by atoms with E-state index in [2.05, 4.69) is 37.5 Å². The van der Waals surface area contributed by atoms with Crippen LogP contribution in [0.5, 0.6) is 0 Å². The summed E-state index contributed by atoms with van der Waals surface area (Å²) in [6.45, 7) is 12.4. The van der Waals surface area contributed by atoms with Gasteiger partial charge in [-0.15, -0.1) is 0 Å². The number of hydrogen-bond acceptors (Lipinski definition) is 4. The minimum Gasteiger partial charge on any atom is -0.444 e. The molecule has 0 spiro atoms. The Hall–Kier alpha value is -2.06. The molecule has 0 aliphatic heterocycles. The molecule has 0 saturated carbocycles. The molecule has 5 heteroatoms. The van der Waals surface area contributed by atoms with Crippen LogP contribution in [-0.4, -0.2) is 24.3 Å². The number of rotatable bonds is 6. The number of ether oxygens (including phenoxy) is 1. The van der Waals surface area contributed by atoms with Crippen LogP contribution in [0.1, 0.15) is 58.7 Å². The highest BCUT2D eigenvalue weighted by Gasteiger charge is 2.21. The molecule has 5 nitrogen and oxygen atoms in total. The maximum atomic E-state index is 12.0. The van der Waals surface area contributed by atoms with Crippen LogP contribution in [0.25, 0.3) is 0 Å². The fourth-order valence-corrected chi connectivity index (χ4v) is 2.18. The number of nitriles is 1. The second-order valence-electron chi connectivity index (χ2n) is 7.36. The molecule has 0 radical (unpaired) electrons. The maximum absolute atomic E-state index is 12.0. The van der Waals surface area contributed by atoms with Gasteiger partial charge in [-0.05, 0) is 51.3 Å². The van der Waals surface area contributed by atoms with Crippen molar-refractivity contribution in [3.05, 3.63) is 35.4 Å². The number of carbonyl (C=O) groups excluding carboxylic acids is 1. The molecule has 0 aliphatic carbocycles. The average Bonchev–Trinajstić information content (AvgIpc) is 2.49. The van der Waals surface area contributed by atoms with Gasteiger partial charge in [0.1, 0.15) is 5.60 Å². The quantitative estimate of drug-likeness (QED) is 0.832. The van der Waals surface area contributed by atoms with Gasteiger partial charge in [0.25, 0.3) is 0 Å². The zero-order chi connectivity index (χ0) is 18.3. The van der Waals surface area contributed by atoms with Gasteiger partial charge >= 0.3 is 6.09 Å². The summed E-state index contributed by atoms with van der Waals surface area (Å²) in [5, 5.41) is 15.2. The zero-order valence-corrected chi connectivity index (χ0v) is 15.5. The van der Waals surface area contributed by atoms with Gasteiger partial charge in [0, 0.05) is 18.6 Å². The summed E-state index contributed by atoms with van der Waals surface area (Å²) in [6.07, 6.45) is -0.394. The lowest BCUT2D eigenvalue weighted by molar-refractivity contribution is 0.0489. The largest absolute Gasteiger partial charge is 0.444 e. The molecule has 2 unspecified atom stereocenters. The molecule has 0 fully saturated rings. The topological polar surface area (TPSA) is 74.2 Å². The number of alkyl carbamates (subject to hydrolysis) is 1. The highest BCUT2D eigenvalue weighted by molar-refractivity contribution is 5.68. The minimum absolute atomic E-state index is 0.0271. The summed E-state index contributed by atoms with van der Waals surface area (Å²) in [7, 11) is 0. The van der Waals surface area contributed by atoms with Crippen LogP contribution in [0.2, 0.25) is 0 Å². The zero-order valence-electron chi connectivity index (χ0n) is 15.5. The lowest BCUT2D eigenvalue weighted by atomic mass is 10.0. The van der Waals surface area contributed by atoms with Crippen LogP contribution >= 0.6 is 0 Å². The Morgan fingerprint density at radius 3 is 2.25 bits per heavy atom. The normalized spacial score (nSPS) is 13.9. The van der Waals surface area contributed by atoms with Gasteiger partial charge in [0.05, 0.1) is 11.6 Å². The molecule has 0 aromatic heterocycles. The van der Waals surface area contributed by atoms with E-state index in [1.165, 1.54) is 0 Å². The Labute approximate surface area is 145 Å². The van der Waals surface area contributed by atoms with Gasteiger partial charge in [-0.2, -0.15) is 5.26 Å². The van der Waals surface area contributed by atoms with Crippen LogP contribution in [-0.2, 0) is 4.74 Å². The third kappa shape index (κ3) is 7.01. The van der Waals surface area contributed by atoms with E-state index in [-0.39, 0.29) is 18.0 Å². The Morgan fingerprint density at radius 1 is 1.21 bits per heavy atom. The van der Waals surface area contributed by atoms with Crippen molar-refractivity contribution in [2.24, 2.45) is 5.92 Å². The molecule has 0 aliphatic rings. The monoisotopic (exact) mass is 331 g/mol. The van der Waals surface area contributed by atoms with Gasteiger partial charge < -0.3 is 15.4 Å². The van der Waals surface area contributed by atoms with Crippen LogP contribution in [0.15, 0.2) is 24.3 Å².